The van der Waals surface area contributed by atoms with Gasteiger partial charge in [0.05, 0.1) is 23.5 Å². The van der Waals surface area contributed by atoms with E-state index < -0.39 is 0 Å². The number of benzene rings is 2. The van der Waals surface area contributed by atoms with Crippen LogP contribution in [0.5, 0.6) is 0 Å². The summed E-state index contributed by atoms with van der Waals surface area (Å²) >= 11 is 7.86. The number of thiazole rings is 1. The van der Waals surface area contributed by atoms with Crippen LogP contribution in [-0.4, -0.2) is 20.7 Å². The zero-order chi connectivity index (χ0) is 20.4. The number of nitrogens with one attached hydrogen (secondary N) is 1. The lowest BCUT2D eigenvalue weighted by atomic mass is 10.1. The Morgan fingerprint density at radius 1 is 1.10 bits per heavy atom. The van der Waals surface area contributed by atoms with Gasteiger partial charge >= 0.3 is 0 Å². The fraction of sp³-hybridized carbons (Fsp3) is 0.136. The highest BCUT2D eigenvalue weighted by Crippen LogP contribution is 2.27. The van der Waals surface area contributed by atoms with Crippen LogP contribution in [0.1, 0.15) is 27.2 Å². The van der Waals surface area contributed by atoms with E-state index in [1.54, 1.807) is 11.6 Å². The molecule has 2 heterocycles. The Bertz CT molecular complexity index is 1150. The lowest BCUT2D eigenvalue weighted by molar-refractivity contribution is 0.102. The normalized spacial score (nSPS) is 10.9. The predicted octanol–water partition coefficient (Wildman–Crippen LogP) is 5.58. The number of amides is 1. The molecule has 7 heteroatoms. The number of hydrogen-bond donors (Lipinski definition) is 1. The summed E-state index contributed by atoms with van der Waals surface area (Å²) in [4.78, 5) is 17.4. The molecule has 0 saturated heterocycles. The Balaban J connectivity index is 1.52. The summed E-state index contributed by atoms with van der Waals surface area (Å²) in [5, 5.41) is 10.1. The van der Waals surface area contributed by atoms with Gasteiger partial charge in [-0.05, 0) is 19.4 Å². The molecule has 4 aromatic rings. The van der Waals surface area contributed by atoms with Crippen molar-refractivity contribution in [3.05, 3.63) is 87.5 Å². The number of rotatable bonds is 5. The first-order valence-corrected chi connectivity index (χ1v) is 10.4. The average Bonchev–Trinajstić information content (AvgIpc) is 3.27. The zero-order valence-corrected chi connectivity index (χ0v) is 17.6. The second-order valence-electron chi connectivity index (χ2n) is 6.75. The summed E-state index contributed by atoms with van der Waals surface area (Å²) in [6.07, 6.45) is 0. The summed E-state index contributed by atoms with van der Waals surface area (Å²) in [7, 11) is 0. The van der Waals surface area contributed by atoms with Crippen molar-refractivity contribution in [2.24, 2.45) is 0 Å². The summed E-state index contributed by atoms with van der Waals surface area (Å²) in [5.41, 5.74) is 5.04. The largest absolute Gasteiger partial charge is 0.298 e. The van der Waals surface area contributed by atoms with Crippen LogP contribution in [0.4, 0.5) is 5.13 Å². The molecular weight excluding hydrogens is 404 g/mol. The zero-order valence-electron chi connectivity index (χ0n) is 16.0. The minimum absolute atomic E-state index is 0.309. The molecular formula is C22H19ClN4OS. The summed E-state index contributed by atoms with van der Waals surface area (Å²) in [6.45, 7) is 4.32. The lowest BCUT2D eigenvalue weighted by Crippen LogP contribution is -2.13. The number of anilines is 1. The molecule has 0 aliphatic heterocycles. The van der Waals surface area contributed by atoms with Crippen LogP contribution in [-0.2, 0) is 6.54 Å². The number of aromatic nitrogens is 3. The highest BCUT2D eigenvalue weighted by Gasteiger charge is 2.21. The Morgan fingerprint density at radius 3 is 2.55 bits per heavy atom. The first kappa shape index (κ1) is 19.4. The van der Waals surface area contributed by atoms with Gasteiger partial charge in [-0.1, -0.05) is 71.8 Å². The Kier molecular flexibility index (Phi) is 5.47. The van der Waals surface area contributed by atoms with Crippen LogP contribution in [0.15, 0.2) is 60.0 Å². The van der Waals surface area contributed by atoms with Crippen LogP contribution < -0.4 is 5.32 Å². The average molecular weight is 423 g/mol. The highest BCUT2D eigenvalue weighted by atomic mass is 35.5. The van der Waals surface area contributed by atoms with Crippen LogP contribution in [0, 0.1) is 13.8 Å². The number of aryl methyl sites for hydroxylation is 2. The number of nitrogens with zero attached hydrogens (tertiary/aromatic N) is 3. The molecule has 2 aromatic heterocycles. The van der Waals surface area contributed by atoms with Crippen LogP contribution in [0.2, 0.25) is 5.15 Å². The van der Waals surface area contributed by atoms with E-state index in [-0.39, 0.29) is 5.91 Å². The van der Waals surface area contributed by atoms with Crippen molar-refractivity contribution in [3.63, 3.8) is 0 Å². The van der Waals surface area contributed by atoms with Crippen molar-refractivity contribution >= 4 is 34.0 Å². The van der Waals surface area contributed by atoms with E-state index in [9.17, 15) is 4.79 Å². The smallest absolute Gasteiger partial charge is 0.262 e. The van der Waals surface area contributed by atoms with Crippen LogP contribution >= 0.6 is 22.9 Å². The van der Waals surface area contributed by atoms with Crippen LogP contribution in [0.25, 0.3) is 11.3 Å². The van der Waals surface area contributed by atoms with E-state index in [4.69, 9.17) is 11.6 Å². The van der Waals surface area contributed by atoms with Gasteiger partial charge in [0.1, 0.15) is 5.15 Å². The molecule has 1 N–H and O–H groups in total. The van der Waals surface area contributed by atoms with Crippen molar-refractivity contribution in [2.75, 3.05) is 5.32 Å². The molecule has 0 fully saturated rings. The van der Waals surface area contributed by atoms with E-state index in [0.717, 1.165) is 16.8 Å². The first-order valence-electron chi connectivity index (χ1n) is 9.12. The van der Waals surface area contributed by atoms with E-state index in [1.165, 1.54) is 16.9 Å². The molecule has 0 aliphatic carbocycles. The molecule has 29 heavy (non-hydrogen) atoms. The molecule has 1 amide bonds. The standard InChI is InChI=1S/C22H19ClN4OS/c1-14-8-10-17(11-9-14)18-13-29-22(24-18)25-21(28)19-15(2)26-27(20(19)23)12-16-6-4-3-5-7-16/h3-11,13H,12H2,1-2H3,(H,24,25,28). The van der Waals surface area contributed by atoms with Crippen molar-refractivity contribution in [1.82, 2.24) is 14.8 Å². The Morgan fingerprint density at radius 2 is 1.83 bits per heavy atom. The van der Waals surface area contributed by atoms with Crippen molar-refractivity contribution in [2.45, 2.75) is 20.4 Å². The maximum absolute atomic E-state index is 12.8. The molecule has 5 nitrogen and oxygen atoms in total. The molecule has 146 valence electrons. The molecule has 0 aliphatic rings. The van der Waals surface area contributed by atoms with E-state index in [0.29, 0.717) is 28.1 Å². The first-order chi connectivity index (χ1) is 14.0. The second-order valence-corrected chi connectivity index (χ2v) is 7.97. The van der Waals surface area contributed by atoms with Gasteiger partial charge in [0.2, 0.25) is 0 Å². The summed E-state index contributed by atoms with van der Waals surface area (Å²) in [6, 6.07) is 18.0. The molecule has 4 rings (SSSR count). The molecule has 2 aromatic carbocycles. The Hall–Kier alpha value is -2.96. The molecule has 0 bridgehead atoms. The summed E-state index contributed by atoms with van der Waals surface area (Å²) in [5.74, 6) is -0.309. The molecule has 0 radical (unpaired) electrons. The number of carbonyl (C=O) groups excluding carboxylic acids is 1. The third kappa shape index (κ3) is 4.23. The van der Waals surface area contributed by atoms with Gasteiger partial charge in [-0.15, -0.1) is 11.3 Å². The molecule has 0 atom stereocenters. The fourth-order valence-electron chi connectivity index (χ4n) is 3.02. The third-order valence-corrected chi connectivity index (χ3v) is 5.68. The van der Waals surface area contributed by atoms with E-state index >= 15 is 0 Å². The predicted molar refractivity (Wildman–Crippen MR) is 118 cm³/mol. The van der Waals surface area contributed by atoms with Gasteiger partial charge in [-0.3, -0.25) is 10.1 Å². The van der Waals surface area contributed by atoms with Gasteiger partial charge in [-0.25, -0.2) is 9.67 Å². The Labute approximate surface area is 178 Å². The van der Waals surface area contributed by atoms with E-state index in [1.807, 2.05) is 66.9 Å². The highest BCUT2D eigenvalue weighted by molar-refractivity contribution is 7.14. The monoisotopic (exact) mass is 422 g/mol. The van der Waals surface area contributed by atoms with E-state index in [2.05, 4.69) is 15.4 Å². The minimum atomic E-state index is -0.309. The van der Waals surface area contributed by atoms with Gasteiger partial charge in [0.25, 0.3) is 5.91 Å². The topological polar surface area (TPSA) is 59.8 Å². The second kappa shape index (κ2) is 8.19. The lowest BCUT2D eigenvalue weighted by Gasteiger charge is -2.04. The summed E-state index contributed by atoms with van der Waals surface area (Å²) < 4.78 is 1.64. The van der Waals surface area contributed by atoms with Crippen molar-refractivity contribution in [1.29, 1.82) is 0 Å². The van der Waals surface area contributed by atoms with Gasteiger partial charge < -0.3 is 0 Å². The minimum Gasteiger partial charge on any atom is -0.298 e. The fourth-order valence-corrected chi connectivity index (χ4v) is 4.05. The van der Waals surface area contributed by atoms with Crippen molar-refractivity contribution in [3.8, 4) is 11.3 Å². The molecule has 0 spiro atoms. The molecule has 0 unspecified atom stereocenters. The molecule has 0 saturated carbocycles. The maximum atomic E-state index is 12.8. The third-order valence-electron chi connectivity index (χ3n) is 4.54. The van der Waals surface area contributed by atoms with Crippen molar-refractivity contribution < 1.29 is 4.79 Å². The van der Waals surface area contributed by atoms with Gasteiger partial charge in [0, 0.05) is 10.9 Å². The number of carbonyl (C=O) groups is 1. The number of hydrogen-bond acceptors (Lipinski definition) is 4. The van der Waals surface area contributed by atoms with Gasteiger partial charge in [-0.2, -0.15) is 5.10 Å². The van der Waals surface area contributed by atoms with Gasteiger partial charge in [0.15, 0.2) is 5.13 Å². The maximum Gasteiger partial charge on any atom is 0.262 e. The SMILES string of the molecule is Cc1ccc(-c2csc(NC(=O)c3c(C)nn(Cc4ccccc4)c3Cl)n2)cc1. The van der Waals surface area contributed by atoms with Crippen LogP contribution in [0.3, 0.4) is 0 Å². The number of halogens is 1. The quantitative estimate of drug-likeness (QED) is 0.456.